The van der Waals surface area contributed by atoms with Crippen LogP contribution >= 0.6 is 11.6 Å². The molecule has 7 heteroatoms. The smallest absolute Gasteiger partial charge is 0.269 e. The maximum atomic E-state index is 13.3. The highest BCUT2D eigenvalue weighted by atomic mass is 35.5. The van der Waals surface area contributed by atoms with Gasteiger partial charge in [0.1, 0.15) is 5.82 Å². The monoisotopic (exact) mass is 308 g/mol. The molecule has 2 aromatic rings. The van der Waals surface area contributed by atoms with Gasteiger partial charge in [-0.3, -0.25) is 14.9 Å². The van der Waals surface area contributed by atoms with Gasteiger partial charge < -0.3 is 4.90 Å². The largest absolute Gasteiger partial charge is 0.311 e. The van der Waals surface area contributed by atoms with Crippen LogP contribution < -0.4 is 4.90 Å². The molecule has 0 atom stereocenters. The maximum absolute atomic E-state index is 13.3. The zero-order chi connectivity index (χ0) is 15.6. The molecule has 0 N–H and O–H groups in total. The quantitative estimate of drug-likeness (QED) is 0.642. The number of non-ortho nitro benzene ring substituents is 1. The predicted molar refractivity (Wildman–Crippen MR) is 77.2 cm³/mol. The number of nitro groups is 1. The summed E-state index contributed by atoms with van der Waals surface area (Å²) in [5, 5.41) is 10.7. The highest BCUT2D eigenvalue weighted by Crippen LogP contribution is 2.23. The van der Waals surface area contributed by atoms with Crippen molar-refractivity contribution in [2.75, 3.05) is 11.9 Å². The van der Waals surface area contributed by atoms with Crippen LogP contribution in [0.25, 0.3) is 0 Å². The molecular formula is C14H10ClFN2O3. The van der Waals surface area contributed by atoms with E-state index >= 15 is 0 Å². The van der Waals surface area contributed by atoms with Crippen molar-refractivity contribution in [1.82, 2.24) is 0 Å². The SMILES string of the molecule is CN(C(=O)c1ccc([N+](=O)[O-])cc1)c1cc(F)cc(Cl)c1. The molecule has 0 radical (unpaired) electrons. The van der Waals surface area contributed by atoms with Gasteiger partial charge in [-0.1, -0.05) is 11.6 Å². The summed E-state index contributed by atoms with van der Waals surface area (Å²) in [5.41, 5.74) is 0.440. The number of carbonyl (C=O) groups excluding carboxylic acids is 1. The third-order valence-corrected chi connectivity index (χ3v) is 3.08. The Bertz CT molecular complexity index is 684. The van der Waals surface area contributed by atoms with Crippen LogP contribution in [0.1, 0.15) is 10.4 Å². The molecule has 0 aliphatic heterocycles. The van der Waals surface area contributed by atoms with Crippen molar-refractivity contribution in [2.24, 2.45) is 0 Å². The Morgan fingerprint density at radius 2 is 1.86 bits per heavy atom. The van der Waals surface area contributed by atoms with Crippen LogP contribution in [-0.4, -0.2) is 17.9 Å². The van der Waals surface area contributed by atoms with Gasteiger partial charge in [0.25, 0.3) is 11.6 Å². The van der Waals surface area contributed by atoms with E-state index < -0.39 is 16.6 Å². The van der Waals surface area contributed by atoms with E-state index in [1.807, 2.05) is 0 Å². The van der Waals surface area contributed by atoms with Gasteiger partial charge in [0, 0.05) is 35.5 Å². The van der Waals surface area contributed by atoms with Crippen LogP contribution in [-0.2, 0) is 0 Å². The van der Waals surface area contributed by atoms with Gasteiger partial charge in [-0.05, 0) is 30.3 Å². The zero-order valence-corrected chi connectivity index (χ0v) is 11.7. The number of hydrogen-bond donors (Lipinski definition) is 0. The minimum atomic E-state index is -0.555. The molecule has 0 aromatic heterocycles. The van der Waals surface area contributed by atoms with Crippen molar-refractivity contribution >= 4 is 28.9 Å². The summed E-state index contributed by atoms with van der Waals surface area (Å²) in [6.45, 7) is 0. The highest BCUT2D eigenvalue weighted by molar-refractivity contribution is 6.31. The number of anilines is 1. The molecular weight excluding hydrogens is 299 g/mol. The Morgan fingerprint density at radius 1 is 1.24 bits per heavy atom. The summed E-state index contributed by atoms with van der Waals surface area (Å²) in [5.74, 6) is -0.979. The minimum Gasteiger partial charge on any atom is -0.311 e. The molecule has 21 heavy (non-hydrogen) atoms. The predicted octanol–water partition coefficient (Wildman–Crippen LogP) is 3.66. The van der Waals surface area contributed by atoms with Crippen LogP contribution in [0.5, 0.6) is 0 Å². The lowest BCUT2D eigenvalue weighted by Crippen LogP contribution is -2.26. The van der Waals surface area contributed by atoms with Gasteiger partial charge in [-0.25, -0.2) is 4.39 Å². The summed E-state index contributed by atoms with van der Waals surface area (Å²) >= 11 is 5.75. The molecule has 0 fully saturated rings. The van der Waals surface area contributed by atoms with E-state index in [1.54, 1.807) is 0 Å². The Labute approximate surface area is 124 Å². The number of benzene rings is 2. The molecule has 0 aliphatic carbocycles. The van der Waals surface area contributed by atoms with Crippen molar-refractivity contribution in [2.45, 2.75) is 0 Å². The molecule has 0 bridgehead atoms. The lowest BCUT2D eigenvalue weighted by atomic mass is 10.1. The third kappa shape index (κ3) is 3.35. The van der Waals surface area contributed by atoms with E-state index in [9.17, 15) is 19.3 Å². The van der Waals surface area contributed by atoms with Crippen molar-refractivity contribution in [3.63, 3.8) is 0 Å². The number of carbonyl (C=O) groups is 1. The van der Waals surface area contributed by atoms with Crippen LogP contribution in [0.3, 0.4) is 0 Å². The fraction of sp³-hybridized carbons (Fsp3) is 0.0714. The Hall–Kier alpha value is -2.47. The van der Waals surface area contributed by atoms with Crippen LogP contribution in [0.15, 0.2) is 42.5 Å². The zero-order valence-electron chi connectivity index (χ0n) is 10.9. The molecule has 108 valence electrons. The number of nitro benzene ring substituents is 1. The molecule has 0 unspecified atom stereocenters. The van der Waals surface area contributed by atoms with Crippen LogP contribution in [0, 0.1) is 15.9 Å². The summed E-state index contributed by atoms with van der Waals surface area (Å²) in [6.07, 6.45) is 0. The second kappa shape index (κ2) is 5.88. The van der Waals surface area contributed by atoms with Crippen molar-refractivity contribution < 1.29 is 14.1 Å². The van der Waals surface area contributed by atoms with E-state index in [2.05, 4.69) is 0 Å². The lowest BCUT2D eigenvalue weighted by Gasteiger charge is -2.17. The number of hydrogen-bond acceptors (Lipinski definition) is 3. The minimum absolute atomic E-state index is 0.108. The molecule has 0 heterocycles. The van der Waals surface area contributed by atoms with Crippen molar-refractivity contribution in [1.29, 1.82) is 0 Å². The van der Waals surface area contributed by atoms with E-state index in [1.165, 1.54) is 48.3 Å². The average Bonchev–Trinajstić information content (AvgIpc) is 2.44. The maximum Gasteiger partial charge on any atom is 0.269 e. The topological polar surface area (TPSA) is 63.5 Å². The van der Waals surface area contributed by atoms with Gasteiger partial charge in [-0.2, -0.15) is 0 Å². The molecule has 0 saturated carbocycles. The lowest BCUT2D eigenvalue weighted by molar-refractivity contribution is -0.384. The Morgan fingerprint density at radius 3 is 2.38 bits per heavy atom. The Kier molecular flexibility index (Phi) is 4.18. The number of halogens is 2. The summed E-state index contributed by atoms with van der Waals surface area (Å²) in [4.78, 5) is 23.5. The molecule has 0 saturated heterocycles. The van der Waals surface area contributed by atoms with Gasteiger partial charge >= 0.3 is 0 Å². The summed E-state index contributed by atoms with van der Waals surface area (Å²) in [6, 6.07) is 8.92. The van der Waals surface area contributed by atoms with Crippen molar-refractivity contribution in [3.8, 4) is 0 Å². The summed E-state index contributed by atoms with van der Waals surface area (Å²) < 4.78 is 13.3. The number of amides is 1. The second-order valence-electron chi connectivity index (χ2n) is 4.30. The van der Waals surface area contributed by atoms with Gasteiger partial charge in [0.2, 0.25) is 0 Å². The van der Waals surface area contributed by atoms with Crippen LogP contribution in [0.2, 0.25) is 5.02 Å². The fourth-order valence-electron chi connectivity index (χ4n) is 1.77. The third-order valence-electron chi connectivity index (χ3n) is 2.86. The molecule has 1 amide bonds. The van der Waals surface area contributed by atoms with E-state index in [0.29, 0.717) is 5.69 Å². The fourth-order valence-corrected chi connectivity index (χ4v) is 1.99. The van der Waals surface area contributed by atoms with Gasteiger partial charge in [0.15, 0.2) is 0 Å². The van der Waals surface area contributed by atoms with Gasteiger partial charge in [0.05, 0.1) is 4.92 Å². The van der Waals surface area contributed by atoms with E-state index in [0.717, 1.165) is 6.07 Å². The molecule has 2 rings (SSSR count). The summed E-state index contributed by atoms with van der Waals surface area (Å²) in [7, 11) is 1.47. The first kappa shape index (κ1) is 14.9. The molecule has 0 aliphatic rings. The van der Waals surface area contributed by atoms with Gasteiger partial charge in [-0.15, -0.1) is 0 Å². The number of rotatable bonds is 3. The normalized spacial score (nSPS) is 10.2. The standard InChI is InChI=1S/C14H10ClFN2O3/c1-17(13-7-10(15)6-11(16)8-13)14(19)9-2-4-12(5-3-9)18(20)21/h2-8H,1H3. The first-order chi connectivity index (χ1) is 9.88. The van der Waals surface area contributed by atoms with Crippen molar-refractivity contribution in [3.05, 3.63) is 69.0 Å². The average molecular weight is 309 g/mol. The highest BCUT2D eigenvalue weighted by Gasteiger charge is 2.16. The van der Waals surface area contributed by atoms with E-state index in [-0.39, 0.29) is 16.3 Å². The molecule has 0 spiro atoms. The molecule has 2 aromatic carbocycles. The van der Waals surface area contributed by atoms with E-state index in [4.69, 9.17) is 11.6 Å². The first-order valence-corrected chi connectivity index (χ1v) is 6.25. The van der Waals surface area contributed by atoms with Crippen LogP contribution in [0.4, 0.5) is 15.8 Å². The number of nitrogens with zero attached hydrogens (tertiary/aromatic N) is 2. The second-order valence-corrected chi connectivity index (χ2v) is 4.73. The molecule has 5 nitrogen and oxygen atoms in total. The first-order valence-electron chi connectivity index (χ1n) is 5.87. The Balaban J connectivity index is 2.28.